The number of sulfonamides is 1. The molecule has 0 saturated carbocycles. The van der Waals surface area contributed by atoms with Gasteiger partial charge in [-0.3, -0.25) is 4.99 Å². The number of aromatic nitrogens is 1. The molecule has 0 radical (unpaired) electrons. The van der Waals surface area contributed by atoms with Crippen molar-refractivity contribution in [2.24, 2.45) is 4.99 Å². The molecular formula is C12H24IN5O3S. The van der Waals surface area contributed by atoms with Crippen LogP contribution in [0, 0.1) is 13.8 Å². The zero-order valence-corrected chi connectivity index (χ0v) is 16.4. The minimum absolute atomic E-state index is 0. The molecule has 0 fully saturated rings. The second-order valence-corrected chi connectivity index (χ2v) is 6.50. The Morgan fingerprint density at radius 3 is 2.45 bits per heavy atom. The summed E-state index contributed by atoms with van der Waals surface area (Å²) >= 11 is 0. The Hall–Kier alpha value is -0.880. The van der Waals surface area contributed by atoms with E-state index in [4.69, 9.17) is 4.42 Å². The van der Waals surface area contributed by atoms with Gasteiger partial charge in [-0.2, -0.15) is 0 Å². The molecule has 0 bridgehead atoms. The van der Waals surface area contributed by atoms with Crippen LogP contribution >= 0.6 is 24.0 Å². The van der Waals surface area contributed by atoms with Gasteiger partial charge in [0, 0.05) is 20.1 Å². The van der Waals surface area contributed by atoms with Crippen molar-refractivity contribution < 1.29 is 12.8 Å². The van der Waals surface area contributed by atoms with Crippen LogP contribution in [0.15, 0.2) is 9.41 Å². The summed E-state index contributed by atoms with van der Waals surface area (Å²) in [5.74, 6) is 2.01. The normalized spacial score (nSPS) is 11.9. The van der Waals surface area contributed by atoms with Crippen LogP contribution in [0.1, 0.15) is 24.3 Å². The lowest BCUT2D eigenvalue weighted by molar-refractivity contribution is 0.464. The van der Waals surface area contributed by atoms with Crippen molar-refractivity contribution in [2.75, 3.05) is 25.9 Å². The van der Waals surface area contributed by atoms with E-state index in [1.807, 2.05) is 13.8 Å². The van der Waals surface area contributed by atoms with Crippen LogP contribution in [-0.2, 0) is 16.6 Å². The summed E-state index contributed by atoms with van der Waals surface area (Å²) in [6, 6.07) is 0. The predicted octanol–water partition coefficient (Wildman–Crippen LogP) is 0.514. The van der Waals surface area contributed by atoms with Crippen LogP contribution in [0.25, 0.3) is 0 Å². The lowest BCUT2D eigenvalue weighted by atomic mass is 10.4. The van der Waals surface area contributed by atoms with E-state index in [1.54, 1.807) is 14.0 Å². The molecule has 0 aliphatic rings. The van der Waals surface area contributed by atoms with Crippen LogP contribution in [-0.4, -0.2) is 45.3 Å². The number of halogens is 1. The minimum atomic E-state index is -3.16. The molecule has 0 aliphatic carbocycles. The van der Waals surface area contributed by atoms with E-state index in [9.17, 15) is 8.42 Å². The van der Waals surface area contributed by atoms with Crippen LogP contribution in [0.5, 0.6) is 0 Å². The van der Waals surface area contributed by atoms with Gasteiger partial charge < -0.3 is 15.1 Å². The maximum absolute atomic E-state index is 11.3. The lowest BCUT2D eigenvalue weighted by Gasteiger charge is -2.11. The van der Waals surface area contributed by atoms with Crippen LogP contribution in [0.4, 0.5) is 0 Å². The van der Waals surface area contributed by atoms with Crippen molar-refractivity contribution in [1.29, 1.82) is 0 Å². The smallest absolute Gasteiger partial charge is 0.214 e. The molecule has 0 unspecified atom stereocenters. The Morgan fingerprint density at radius 1 is 1.27 bits per heavy atom. The summed E-state index contributed by atoms with van der Waals surface area (Å²) in [6.45, 7) is 6.48. The number of aliphatic imine (C=N–C) groups is 1. The fourth-order valence-corrected chi connectivity index (χ4v) is 2.10. The Balaban J connectivity index is 0.00000441. The molecule has 22 heavy (non-hydrogen) atoms. The van der Waals surface area contributed by atoms with Gasteiger partial charge >= 0.3 is 0 Å². The fourth-order valence-electron chi connectivity index (χ4n) is 1.48. The van der Waals surface area contributed by atoms with Gasteiger partial charge in [0.1, 0.15) is 5.76 Å². The summed E-state index contributed by atoms with van der Waals surface area (Å²) in [7, 11) is -1.52. The Kier molecular flexibility index (Phi) is 9.60. The Bertz CT molecular complexity index is 566. The SMILES string of the molecule is CCS(=O)(=O)NCCNC(=NC)NCc1nc(C)c(C)o1.I. The topological polar surface area (TPSA) is 109 Å². The first kappa shape index (κ1) is 21.1. The number of rotatable bonds is 7. The highest BCUT2D eigenvalue weighted by Crippen LogP contribution is 2.07. The van der Waals surface area contributed by atoms with Crippen LogP contribution in [0.3, 0.4) is 0 Å². The molecule has 10 heteroatoms. The monoisotopic (exact) mass is 445 g/mol. The van der Waals surface area contributed by atoms with Crippen molar-refractivity contribution in [2.45, 2.75) is 27.3 Å². The van der Waals surface area contributed by atoms with Gasteiger partial charge in [0.25, 0.3) is 0 Å². The zero-order valence-electron chi connectivity index (χ0n) is 13.3. The van der Waals surface area contributed by atoms with E-state index in [-0.39, 0.29) is 29.7 Å². The number of aryl methyl sites for hydroxylation is 2. The van der Waals surface area contributed by atoms with Crippen molar-refractivity contribution >= 4 is 40.0 Å². The molecule has 0 aromatic carbocycles. The predicted molar refractivity (Wildman–Crippen MR) is 97.1 cm³/mol. The lowest BCUT2D eigenvalue weighted by Crippen LogP contribution is -2.41. The Morgan fingerprint density at radius 2 is 1.95 bits per heavy atom. The van der Waals surface area contributed by atoms with Gasteiger partial charge in [-0.1, -0.05) is 0 Å². The first-order valence-electron chi connectivity index (χ1n) is 6.72. The highest BCUT2D eigenvalue weighted by Gasteiger charge is 2.07. The molecule has 0 atom stereocenters. The van der Waals surface area contributed by atoms with E-state index >= 15 is 0 Å². The first-order chi connectivity index (χ1) is 9.88. The molecule has 0 amide bonds. The quantitative estimate of drug-likeness (QED) is 0.244. The van der Waals surface area contributed by atoms with E-state index < -0.39 is 10.0 Å². The zero-order chi connectivity index (χ0) is 15.9. The van der Waals surface area contributed by atoms with Crippen molar-refractivity contribution in [3.63, 3.8) is 0 Å². The largest absolute Gasteiger partial charge is 0.444 e. The molecule has 3 N–H and O–H groups in total. The molecule has 1 heterocycles. The van der Waals surface area contributed by atoms with Gasteiger partial charge in [0.2, 0.25) is 15.9 Å². The number of oxazole rings is 1. The third-order valence-electron chi connectivity index (χ3n) is 2.82. The van der Waals surface area contributed by atoms with Crippen molar-refractivity contribution in [3.8, 4) is 0 Å². The fraction of sp³-hybridized carbons (Fsp3) is 0.667. The maximum atomic E-state index is 11.3. The van der Waals surface area contributed by atoms with Crippen molar-refractivity contribution in [1.82, 2.24) is 20.3 Å². The number of nitrogens with one attached hydrogen (secondary N) is 3. The third-order valence-corrected chi connectivity index (χ3v) is 4.23. The molecule has 128 valence electrons. The second kappa shape index (κ2) is 10.0. The van der Waals surface area contributed by atoms with Gasteiger partial charge in [-0.25, -0.2) is 18.1 Å². The van der Waals surface area contributed by atoms with Crippen LogP contribution < -0.4 is 15.4 Å². The van der Waals surface area contributed by atoms with Crippen molar-refractivity contribution in [3.05, 3.63) is 17.3 Å². The first-order valence-corrected chi connectivity index (χ1v) is 8.38. The average molecular weight is 445 g/mol. The average Bonchev–Trinajstić information content (AvgIpc) is 2.77. The minimum Gasteiger partial charge on any atom is -0.444 e. The van der Waals surface area contributed by atoms with E-state index in [2.05, 4.69) is 25.3 Å². The number of hydrogen-bond donors (Lipinski definition) is 3. The van der Waals surface area contributed by atoms with Gasteiger partial charge in [0.05, 0.1) is 18.0 Å². The summed E-state index contributed by atoms with van der Waals surface area (Å²) in [6.07, 6.45) is 0. The molecule has 1 aromatic heterocycles. The molecule has 0 saturated heterocycles. The molecule has 1 aromatic rings. The maximum Gasteiger partial charge on any atom is 0.214 e. The number of guanidine groups is 1. The molecule has 0 aliphatic heterocycles. The highest BCUT2D eigenvalue weighted by atomic mass is 127. The number of nitrogens with zero attached hydrogens (tertiary/aromatic N) is 2. The summed E-state index contributed by atoms with van der Waals surface area (Å²) in [4.78, 5) is 8.29. The molecule has 0 spiro atoms. The van der Waals surface area contributed by atoms with E-state index in [0.717, 1.165) is 11.5 Å². The second-order valence-electron chi connectivity index (χ2n) is 4.40. The van der Waals surface area contributed by atoms with E-state index in [1.165, 1.54) is 0 Å². The summed E-state index contributed by atoms with van der Waals surface area (Å²) < 4.78 is 30.4. The van der Waals surface area contributed by atoms with E-state index in [0.29, 0.717) is 31.5 Å². The summed E-state index contributed by atoms with van der Waals surface area (Å²) in [5.41, 5.74) is 0.865. The van der Waals surface area contributed by atoms with Crippen LogP contribution in [0.2, 0.25) is 0 Å². The summed E-state index contributed by atoms with van der Waals surface area (Å²) in [5, 5.41) is 6.04. The molecular weight excluding hydrogens is 421 g/mol. The Labute approximate surface area is 148 Å². The van der Waals surface area contributed by atoms with Gasteiger partial charge in [0.15, 0.2) is 5.96 Å². The van der Waals surface area contributed by atoms with Gasteiger partial charge in [-0.05, 0) is 20.8 Å². The van der Waals surface area contributed by atoms with Gasteiger partial charge in [-0.15, -0.1) is 24.0 Å². The standard InChI is InChI=1S/C12H23N5O3S.HI/c1-5-21(18,19)16-7-6-14-12(13-4)15-8-11-17-9(2)10(3)20-11;/h16H,5-8H2,1-4H3,(H2,13,14,15);1H. The number of hydrogen-bond acceptors (Lipinski definition) is 5. The molecule has 8 nitrogen and oxygen atoms in total. The highest BCUT2D eigenvalue weighted by molar-refractivity contribution is 14.0. The third kappa shape index (κ3) is 7.40. The molecule has 1 rings (SSSR count).